The number of hydrogen-bond acceptors (Lipinski definition) is 3. The zero-order chi connectivity index (χ0) is 13.7. The molecule has 100 valence electrons. The van der Waals surface area contributed by atoms with Crippen molar-refractivity contribution in [2.24, 2.45) is 0 Å². The topological polar surface area (TPSA) is 45.5 Å². The molecule has 1 atom stereocenters. The molecule has 0 saturated heterocycles. The summed E-state index contributed by atoms with van der Waals surface area (Å²) in [5.41, 5.74) is 0.666. The first kappa shape index (κ1) is 13.4. The lowest BCUT2D eigenvalue weighted by Gasteiger charge is -2.22. The molecule has 1 heterocycles. The van der Waals surface area contributed by atoms with Crippen LogP contribution in [0.2, 0.25) is 0 Å². The number of benzene rings is 1. The number of nitrogens with one attached hydrogen (secondary N) is 1. The zero-order valence-corrected chi connectivity index (χ0v) is 11.2. The molecule has 0 unspecified atom stereocenters. The van der Waals surface area contributed by atoms with Crippen molar-refractivity contribution in [1.82, 2.24) is 10.2 Å². The van der Waals surface area contributed by atoms with E-state index >= 15 is 0 Å². The van der Waals surface area contributed by atoms with Crippen LogP contribution in [-0.4, -0.2) is 31.4 Å². The van der Waals surface area contributed by atoms with Crippen LogP contribution in [0.15, 0.2) is 53.1 Å². The van der Waals surface area contributed by atoms with Crippen molar-refractivity contribution in [2.45, 2.75) is 6.04 Å². The average Bonchev–Trinajstić information content (AvgIpc) is 2.93. The number of furan rings is 1. The van der Waals surface area contributed by atoms with Crippen molar-refractivity contribution >= 4 is 5.91 Å². The second-order valence-electron chi connectivity index (χ2n) is 4.57. The lowest BCUT2D eigenvalue weighted by atomic mass is 10.2. The van der Waals surface area contributed by atoms with Gasteiger partial charge in [0, 0.05) is 12.1 Å². The summed E-state index contributed by atoms with van der Waals surface area (Å²) in [6, 6.07) is 13.0. The van der Waals surface area contributed by atoms with E-state index in [1.807, 2.05) is 49.3 Å². The highest BCUT2D eigenvalue weighted by molar-refractivity contribution is 5.94. The van der Waals surface area contributed by atoms with Crippen LogP contribution >= 0.6 is 0 Å². The van der Waals surface area contributed by atoms with Gasteiger partial charge < -0.3 is 9.73 Å². The lowest BCUT2D eigenvalue weighted by molar-refractivity contribution is 0.0939. The van der Waals surface area contributed by atoms with Crippen LogP contribution in [0.1, 0.15) is 22.2 Å². The molecule has 19 heavy (non-hydrogen) atoms. The van der Waals surface area contributed by atoms with Crippen LogP contribution in [0.25, 0.3) is 0 Å². The second kappa shape index (κ2) is 6.20. The molecule has 0 spiro atoms. The van der Waals surface area contributed by atoms with Gasteiger partial charge in [0.25, 0.3) is 5.91 Å². The zero-order valence-electron chi connectivity index (χ0n) is 11.2. The van der Waals surface area contributed by atoms with Gasteiger partial charge in [0.2, 0.25) is 0 Å². The normalized spacial score (nSPS) is 12.4. The average molecular weight is 258 g/mol. The van der Waals surface area contributed by atoms with Crippen LogP contribution in [0.5, 0.6) is 0 Å². The molecule has 1 aromatic heterocycles. The first-order chi connectivity index (χ1) is 9.18. The van der Waals surface area contributed by atoms with Gasteiger partial charge in [-0.2, -0.15) is 0 Å². The van der Waals surface area contributed by atoms with Crippen molar-refractivity contribution in [3.05, 3.63) is 60.1 Å². The molecule has 2 aromatic rings. The predicted octanol–water partition coefficient (Wildman–Crippen LogP) is 2.31. The molecule has 0 aliphatic heterocycles. The van der Waals surface area contributed by atoms with Gasteiger partial charge in [-0.3, -0.25) is 9.69 Å². The van der Waals surface area contributed by atoms with E-state index in [9.17, 15) is 4.79 Å². The van der Waals surface area contributed by atoms with Gasteiger partial charge in [-0.1, -0.05) is 18.2 Å². The minimum Gasteiger partial charge on any atom is -0.468 e. The van der Waals surface area contributed by atoms with Crippen LogP contribution in [0.4, 0.5) is 0 Å². The van der Waals surface area contributed by atoms with Crippen molar-refractivity contribution in [3.63, 3.8) is 0 Å². The highest BCUT2D eigenvalue weighted by atomic mass is 16.3. The molecule has 1 amide bonds. The molecular weight excluding hydrogens is 240 g/mol. The van der Waals surface area contributed by atoms with Gasteiger partial charge >= 0.3 is 0 Å². The molecule has 0 fully saturated rings. The van der Waals surface area contributed by atoms with E-state index in [2.05, 4.69) is 5.32 Å². The molecule has 4 heteroatoms. The first-order valence-corrected chi connectivity index (χ1v) is 6.21. The van der Waals surface area contributed by atoms with Crippen LogP contribution < -0.4 is 5.32 Å². The number of hydrogen-bond donors (Lipinski definition) is 1. The van der Waals surface area contributed by atoms with Gasteiger partial charge in [-0.05, 0) is 38.4 Å². The Hall–Kier alpha value is -2.07. The fourth-order valence-corrected chi connectivity index (χ4v) is 1.90. The van der Waals surface area contributed by atoms with Gasteiger partial charge in [0.15, 0.2) is 0 Å². The Morgan fingerprint density at radius 1 is 1.21 bits per heavy atom. The molecular formula is C15H18N2O2. The Morgan fingerprint density at radius 2 is 1.95 bits per heavy atom. The third-order valence-corrected chi connectivity index (χ3v) is 2.99. The Kier molecular flexibility index (Phi) is 4.36. The molecule has 0 radical (unpaired) electrons. The van der Waals surface area contributed by atoms with Gasteiger partial charge in [0.1, 0.15) is 5.76 Å². The van der Waals surface area contributed by atoms with E-state index in [4.69, 9.17) is 4.42 Å². The van der Waals surface area contributed by atoms with E-state index in [1.54, 1.807) is 18.4 Å². The Morgan fingerprint density at radius 3 is 2.53 bits per heavy atom. The molecule has 1 aromatic carbocycles. The van der Waals surface area contributed by atoms with Crippen molar-refractivity contribution in [2.75, 3.05) is 20.6 Å². The summed E-state index contributed by atoms with van der Waals surface area (Å²) >= 11 is 0. The maximum absolute atomic E-state index is 12.0. The molecule has 4 nitrogen and oxygen atoms in total. The third kappa shape index (κ3) is 3.45. The van der Waals surface area contributed by atoms with E-state index in [-0.39, 0.29) is 11.9 Å². The van der Waals surface area contributed by atoms with Crippen molar-refractivity contribution < 1.29 is 9.21 Å². The quantitative estimate of drug-likeness (QED) is 0.895. The summed E-state index contributed by atoms with van der Waals surface area (Å²) in [6.45, 7) is 0.508. The van der Waals surface area contributed by atoms with Gasteiger partial charge in [0.05, 0.1) is 12.3 Å². The fourth-order valence-electron chi connectivity index (χ4n) is 1.90. The van der Waals surface area contributed by atoms with Crippen LogP contribution in [-0.2, 0) is 0 Å². The number of nitrogens with zero attached hydrogens (tertiary/aromatic N) is 1. The van der Waals surface area contributed by atoms with Crippen LogP contribution in [0.3, 0.4) is 0 Å². The summed E-state index contributed by atoms with van der Waals surface area (Å²) in [5.74, 6) is 0.775. The molecule has 0 aliphatic rings. The van der Waals surface area contributed by atoms with E-state index in [1.165, 1.54) is 0 Å². The summed E-state index contributed by atoms with van der Waals surface area (Å²) in [6.07, 6.45) is 1.64. The Labute approximate surface area is 113 Å². The highest BCUT2D eigenvalue weighted by Crippen LogP contribution is 2.17. The monoisotopic (exact) mass is 258 g/mol. The number of carbonyl (C=O) groups is 1. The number of carbonyl (C=O) groups excluding carboxylic acids is 1. The standard InChI is InChI=1S/C15H18N2O2/c1-17(2)13(14-9-6-10-19-14)11-16-15(18)12-7-4-3-5-8-12/h3-10,13H,11H2,1-2H3,(H,16,18)/t13-/m1/s1. The SMILES string of the molecule is CN(C)[C@H](CNC(=O)c1ccccc1)c1ccco1. The molecule has 1 N–H and O–H groups in total. The van der Waals surface area contributed by atoms with Crippen molar-refractivity contribution in [3.8, 4) is 0 Å². The third-order valence-electron chi connectivity index (χ3n) is 2.99. The molecule has 0 aliphatic carbocycles. The van der Waals surface area contributed by atoms with Crippen LogP contribution in [0, 0.1) is 0 Å². The lowest BCUT2D eigenvalue weighted by Crippen LogP contribution is -2.34. The summed E-state index contributed by atoms with van der Waals surface area (Å²) in [4.78, 5) is 14.0. The maximum atomic E-state index is 12.0. The minimum absolute atomic E-state index is 0.0302. The Balaban J connectivity index is 1.98. The molecule has 0 bridgehead atoms. The van der Waals surface area contributed by atoms with E-state index in [0.717, 1.165) is 5.76 Å². The number of amides is 1. The largest absolute Gasteiger partial charge is 0.468 e. The first-order valence-electron chi connectivity index (χ1n) is 6.21. The van der Waals surface area contributed by atoms with Crippen molar-refractivity contribution in [1.29, 1.82) is 0 Å². The van der Waals surface area contributed by atoms with Gasteiger partial charge in [-0.15, -0.1) is 0 Å². The highest BCUT2D eigenvalue weighted by Gasteiger charge is 2.18. The summed E-state index contributed by atoms with van der Waals surface area (Å²) < 4.78 is 5.40. The summed E-state index contributed by atoms with van der Waals surface area (Å²) in [5, 5.41) is 2.93. The van der Waals surface area contributed by atoms with E-state index < -0.39 is 0 Å². The second-order valence-corrected chi connectivity index (χ2v) is 4.57. The molecule has 2 rings (SSSR count). The molecule has 0 saturated carbocycles. The minimum atomic E-state index is -0.0704. The predicted molar refractivity (Wildman–Crippen MR) is 73.9 cm³/mol. The fraction of sp³-hybridized carbons (Fsp3) is 0.267. The maximum Gasteiger partial charge on any atom is 0.251 e. The summed E-state index contributed by atoms with van der Waals surface area (Å²) in [7, 11) is 3.92. The Bertz CT molecular complexity index is 506. The van der Waals surface area contributed by atoms with Gasteiger partial charge in [-0.25, -0.2) is 0 Å². The number of rotatable bonds is 5. The number of likely N-dealkylation sites (N-methyl/N-ethyl adjacent to an activating group) is 1. The van der Waals surface area contributed by atoms with E-state index in [0.29, 0.717) is 12.1 Å². The smallest absolute Gasteiger partial charge is 0.251 e.